The molecule has 1 saturated carbocycles. The Bertz CT molecular complexity index is 954. The van der Waals surface area contributed by atoms with Crippen LogP contribution in [0.3, 0.4) is 0 Å². The van der Waals surface area contributed by atoms with E-state index >= 15 is 0 Å². The number of hydrogen-bond acceptors (Lipinski definition) is 6. The molecule has 2 fully saturated rings. The number of nitrogens with zero attached hydrogens (tertiary/aromatic N) is 3. The Morgan fingerprint density at radius 1 is 1.20 bits per heavy atom. The highest BCUT2D eigenvalue weighted by Gasteiger charge is 2.32. The minimum atomic E-state index is -3.60. The predicted octanol–water partition coefficient (Wildman–Crippen LogP) is 2.95. The lowest BCUT2D eigenvalue weighted by Crippen LogP contribution is -2.39. The van der Waals surface area contributed by atoms with Crippen LogP contribution >= 0.6 is 0 Å². The molecule has 0 aromatic carbocycles. The van der Waals surface area contributed by atoms with Gasteiger partial charge in [0.1, 0.15) is 4.90 Å². The molecule has 8 nitrogen and oxygen atoms in total. The van der Waals surface area contributed by atoms with E-state index in [1.54, 1.807) is 24.4 Å². The first-order chi connectivity index (χ1) is 14.5. The molecule has 1 aliphatic heterocycles. The first kappa shape index (κ1) is 21.0. The van der Waals surface area contributed by atoms with Gasteiger partial charge < -0.3 is 9.84 Å². The van der Waals surface area contributed by atoms with Crippen LogP contribution in [0.25, 0.3) is 0 Å². The average Bonchev–Trinajstić information content (AvgIpc) is 3.29. The number of piperidine rings is 1. The zero-order valence-electron chi connectivity index (χ0n) is 17.0. The number of amides is 1. The quantitative estimate of drug-likeness (QED) is 0.752. The molecule has 3 heterocycles. The van der Waals surface area contributed by atoms with Crippen LogP contribution in [-0.4, -0.2) is 48.4 Å². The predicted molar refractivity (Wildman–Crippen MR) is 110 cm³/mol. The van der Waals surface area contributed by atoms with Crippen LogP contribution in [0.15, 0.2) is 40.0 Å². The summed E-state index contributed by atoms with van der Waals surface area (Å²) in [6.45, 7) is 1.43. The summed E-state index contributed by atoms with van der Waals surface area (Å²) in [6, 6.07) is 4.82. The van der Waals surface area contributed by atoms with E-state index in [2.05, 4.69) is 15.5 Å². The van der Waals surface area contributed by atoms with Crippen molar-refractivity contribution >= 4 is 15.9 Å². The molecule has 1 amide bonds. The zero-order chi connectivity index (χ0) is 21.0. The van der Waals surface area contributed by atoms with Gasteiger partial charge >= 0.3 is 0 Å². The molecule has 0 radical (unpaired) electrons. The van der Waals surface area contributed by atoms with Crippen molar-refractivity contribution < 1.29 is 17.7 Å². The summed E-state index contributed by atoms with van der Waals surface area (Å²) in [5.41, 5.74) is 0.629. The molecule has 2 aromatic heterocycles. The molecule has 1 saturated heterocycles. The minimum Gasteiger partial charge on any atom is -0.351 e. The number of rotatable bonds is 6. The number of nitrogens with one attached hydrogen (secondary N) is 1. The second-order valence-electron chi connectivity index (χ2n) is 8.22. The van der Waals surface area contributed by atoms with Gasteiger partial charge in [-0.1, -0.05) is 24.4 Å². The van der Waals surface area contributed by atoms with Crippen LogP contribution in [0, 0.1) is 5.92 Å². The Balaban J connectivity index is 1.38. The second-order valence-corrected chi connectivity index (χ2v) is 10.2. The molecule has 0 bridgehead atoms. The molecule has 2 aliphatic rings. The highest BCUT2D eigenvalue weighted by atomic mass is 32.2. The van der Waals surface area contributed by atoms with Gasteiger partial charge in [-0.2, -0.15) is 4.31 Å². The molecule has 2 aromatic rings. The molecule has 1 unspecified atom stereocenters. The van der Waals surface area contributed by atoms with Gasteiger partial charge in [0, 0.05) is 44.0 Å². The van der Waals surface area contributed by atoms with E-state index in [1.807, 2.05) is 0 Å². The van der Waals surface area contributed by atoms with Crippen LogP contribution in [-0.2, 0) is 10.0 Å². The number of sulfonamides is 1. The molecular formula is C21H28N4O4S. The lowest BCUT2D eigenvalue weighted by molar-refractivity contribution is 0.0906. The van der Waals surface area contributed by atoms with E-state index in [0.717, 1.165) is 25.7 Å². The standard InChI is InChI=1S/C21H28N4O4S/c26-21(23-13-16-6-2-1-3-7-16)20-12-19(24-29-20)17-8-5-11-25(15-17)30(27,28)18-9-4-10-22-14-18/h4,9-10,12,14,16-17H,1-3,5-8,11,13,15H2,(H,23,26). The van der Waals surface area contributed by atoms with Crippen LogP contribution in [0.5, 0.6) is 0 Å². The topological polar surface area (TPSA) is 105 Å². The fourth-order valence-corrected chi connectivity index (χ4v) is 5.84. The number of pyridine rings is 1. The Kier molecular flexibility index (Phi) is 6.48. The summed E-state index contributed by atoms with van der Waals surface area (Å²) in [4.78, 5) is 16.5. The maximum absolute atomic E-state index is 12.9. The van der Waals surface area contributed by atoms with E-state index in [4.69, 9.17) is 4.52 Å². The molecule has 1 atom stereocenters. The van der Waals surface area contributed by atoms with Crippen LogP contribution < -0.4 is 5.32 Å². The SMILES string of the molecule is O=C(NCC1CCCCC1)c1cc(C2CCCN(S(=O)(=O)c3cccnc3)C2)no1. The van der Waals surface area contributed by atoms with E-state index < -0.39 is 10.0 Å². The third-order valence-electron chi connectivity index (χ3n) is 6.10. The summed E-state index contributed by atoms with van der Waals surface area (Å²) in [5.74, 6) is 0.367. The second kappa shape index (κ2) is 9.26. The van der Waals surface area contributed by atoms with Crippen molar-refractivity contribution in [2.24, 2.45) is 5.92 Å². The third-order valence-corrected chi connectivity index (χ3v) is 7.95. The van der Waals surface area contributed by atoms with Gasteiger partial charge in [0.15, 0.2) is 0 Å². The van der Waals surface area contributed by atoms with E-state index in [1.165, 1.54) is 29.8 Å². The minimum absolute atomic E-state index is 0.103. The lowest BCUT2D eigenvalue weighted by Gasteiger charge is -2.30. The molecular weight excluding hydrogens is 404 g/mol. The molecule has 4 rings (SSSR count). The van der Waals surface area contributed by atoms with Crippen LogP contribution in [0.1, 0.15) is 67.1 Å². The molecule has 162 valence electrons. The molecule has 1 aliphatic carbocycles. The maximum atomic E-state index is 12.9. The summed E-state index contributed by atoms with van der Waals surface area (Å²) in [6.07, 6.45) is 10.5. The fraction of sp³-hybridized carbons (Fsp3) is 0.571. The van der Waals surface area contributed by atoms with Gasteiger partial charge in [0.2, 0.25) is 15.8 Å². The summed E-state index contributed by atoms with van der Waals surface area (Å²) >= 11 is 0. The smallest absolute Gasteiger partial charge is 0.289 e. The highest BCUT2D eigenvalue weighted by molar-refractivity contribution is 7.89. The van der Waals surface area contributed by atoms with Crippen molar-refractivity contribution in [1.82, 2.24) is 19.8 Å². The molecule has 9 heteroatoms. The summed E-state index contributed by atoms with van der Waals surface area (Å²) < 4.78 is 32.5. The van der Waals surface area contributed by atoms with Crippen LogP contribution in [0.4, 0.5) is 0 Å². The van der Waals surface area contributed by atoms with E-state index in [0.29, 0.717) is 31.2 Å². The monoisotopic (exact) mass is 432 g/mol. The van der Waals surface area contributed by atoms with Gasteiger partial charge in [-0.15, -0.1) is 0 Å². The Morgan fingerprint density at radius 3 is 2.80 bits per heavy atom. The van der Waals surface area contributed by atoms with Gasteiger partial charge in [0.25, 0.3) is 5.91 Å². The zero-order valence-corrected chi connectivity index (χ0v) is 17.8. The number of hydrogen-bond donors (Lipinski definition) is 1. The van der Waals surface area contributed by atoms with Crippen LogP contribution in [0.2, 0.25) is 0 Å². The fourth-order valence-electron chi connectivity index (χ4n) is 4.35. The maximum Gasteiger partial charge on any atom is 0.289 e. The lowest BCUT2D eigenvalue weighted by atomic mass is 9.89. The Labute approximate surface area is 177 Å². The first-order valence-corrected chi connectivity index (χ1v) is 12.1. The highest BCUT2D eigenvalue weighted by Crippen LogP contribution is 2.30. The summed E-state index contributed by atoms with van der Waals surface area (Å²) in [7, 11) is -3.60. The van der Waals surface area contributed by atoms with Gasteiger partial charge in [-0.05, 0) is 43.7 Å². The van der Waals surface area contributed by atoms with Crippen molar-refractivity contribution in [2.45, 2.75) is 55.8 Å². The van der Waals surface area contributed by atoms with Crippen molar-refractivity contribution in [2.75, 3.05) is 19.6 Å². The number of carbonyl (C=O) groups excluding carboxylic acids is 1. The molecule has 0 spiro atoms. The third kappa shape index (κ3) is 4.73. The Hall–Kier alpha value is -2.26. The van der Waals surface area contributed by atoms with E-state index in [9.17, 15) is 13.2 Å². The Morgan fingerprint density at radius 2 is 2.03 bits per heavy atom. The number of aromatic nitrogens is 2. The van der Waals surface area contributed by atoms with Crippen molar-refractivity contribution in [3.05, 3.63) is 42.0 Å². The van der Waals surface area contributed by atoms with Crippen molar-refractivity contribution in [3.63, 3.8) is 0 Å². The van der Waals surface area contributed by atoms with E-state index in [-0.39, 0.29) is 22.5 Å². The van der Waals surface area contributed by atoms with Crippen molar-refractivity contribution in [1.29, 1.82) is 0 Å². The van der Waals surface area contributed by atoms with Gasteiger partial charge in [-0.3, -0.25) is 9.78 Å². The van der Waals surface area contributed by atoms with Gasteiger partial charge in [0.05, 0.1) is 5.69 Å². The first-order valence-electron chi connectivity index (χ1n) is 10.7. The average molecular weight is 433 g/mol. The normalized spacial score (nSPS) is 21.4. The van der Waals surface area contributed by atoms with Gasteiger partial charge in [-0.25, -0.2) is 8.42 Å². The largest absolute Gasteiger partial charge is 0.351 e. The molecule has 1 N–H and O–H groups in total. The molecule has 30 heavy (non-hydrogen) atoms. The summed E-state index contributed by atoms with van der Waals surface area (Å²) in [5, 5.41) is 7.03. The number of carbonyl (C=O) groups is 1. The van der Waals surface area contributed by atoms with Crippen molar-refractivity contribution in [3.8, 4) is 0 Å².